The van der Waals surface area contributed by atoms with E-state index in [0.717, 1.165) is 17.3 Å². The summed E-state index contributed by atoms with van der Waals surface area (Å²) in [5.74, 6) is 0. The van der Waals surface area contributed by atoms with E-state index in [1.54, 1.807) is 6.16 Å². The molecule has 10 rings (SSSR count). The number of hydrogen-bond donors (Lipinski definition) is 0. The van der Waals surface area contributed by atoms with Gasteiger partial charge in [-0.3, -0.25) is 0 Å². The molecular weight excluding hydrogens is 454 g/mol. The van der Waals surface area contributed by atoms with Gasteiger partial charge in [-0.25, -0.2) is 0 Å². The summed E-state index contributed by atoms with van der Waals surface area (Å²) in [4.78, 5) is 8.06. The average molecular weight is 502 g/mol. The first-order chi connectivity index (χ1) is 13.6. The summed E-state index contributed by atoms with van der Waals surface area (Å²) < 4.78 is 3.51. The summed E-state index contributed by atoms with van der Waals surface area (Å²) in [7, 11) is 3.45. The molecule has 6 unspecified atom stereocenters. The fourth-order valence-corrected chi connectivity index (χ4v) is 123. The van der Waals surface area contributed by atoms with Crippen molar-refractivity contribution in [3.05, 3.63) is 0 Å². The van der Waals surface area contributed by atoms with Crippen LogP contribution in [0.4, 0.5) is 0 Å². The van der Waals surface area contributed by atoms with Crippen molar-refractivity contribution in [2.75, 3.05) is 12.3 Å². The molecular formula is C28H48FeP2. The molecule has 0 amide bonds. The van der Waals surface area contributed by atoms with Crippen molar-refractivity contribution in [1.29, 1.82) is 0 Å². The fraction of sp³-hybridized carbons (Fsp3) is 1.00. The second-order valence-corrected chi connectivity index (χ2v) is 46.9. The Hall–Kier alpha value is 1.38. The summed E-state index contributed by atoms with van der Waals surface area (Å²) in [6, 6.07) is 0. The Kier molecular flexibility index (Phi) is 1.26. The van der Waals surface area contributed by atoms with Crippen LogP contribution in [0, 0.1) is 10.8 Å². The van der Waals surface area contributed by atoms with Gasteiger partial charge in [0.1, 0.15) is 0 Å². The van der Waals surface area contributed by atoms with Gasteiger partial charge in [-0.05, 0) is 0 Å². The predicted molar refractivity (Wildman–Crippen MR) is 138 cm³/mol. The summed E-state index contributed by atoms with van der Waals surface area (Å²) in [5, 5.41) is 0.954. The van der Waals surface area contributed by atoms with Gasteiger partial charge in [0.15, 0.2) is 0 Å². The molecule has 0 radical (unpaired) electrons. The summed E-state index contributed by atoms with van der Waals surface area (Å²) >= 11 is 0. The van der Waals surface area contributed by atoms with Crippen LogP contribution in [0.1, 0.15) is 83.1 Å². The third-order valence-corrected chi connectivity index (χ3v) is 71.4. The van der Waals surface area contributed by atoms with Gasteiger partial charge < -0.3 is 0 Å². The minimum absolute atomic E-state index is 0.00214. The standard InChI is InChI=1S/C23H43P2.C5H5.Fe/c1-20(2,3)18-13-16(14-24)17(19(18)21(4,5)6)15-25(22(7,8)9)23(10,11)12;1-2-4-5-3-1;/h13H,14-15,24H2,1-12H3;1-5H;. The first-order valence-electron chi connectivity index (χ1n) is 13.3. The van der Waals surface area contributed by atoms with Crippen LogP contribution in [0.15, 0.2) is 0 Å². The van der Waals surface area contributed by atoms with Crippen molar-refractivity contribution in [3.63, 3.8) is 0 Å². The monoisotopic (exact) mass is 502 g/mol. The van der Waals surface area contributed by atoms with Crippen molar-refractivity contribution in [3.8, 4) is 0 Å². The molecule has 0 N–H and O–H groups in total. The van der Waals surface area contributed by atoms with Gasteiger partial charge >= 0.3 is 186 Å². The van der Waals surface area contributed by atoms with Crippen molar-refractivity contribution in [1.82, 2.24) is 0 Å². The third-order valence-electron chi connectivity index (χ3n) is 20.2. The molecule has 1 spiro atoms. The molecule has 10 aliphatic rings. The third kappa shape index (κ3) is 0.313. The minimum atomic E-state index is -3.85. The van der Waals surface area contributed by atoms with Crippen LogP contribution in [0.3, 0.4) is 0 Å². The van der Waals surface area contributed by atoms with Crippen LogP contribution in [0.5, 0.6) is 0 Å². The normalized spacial score (nSPS) is 80.6. The number of hydrogen-bond acceptors (Lipinski definition) is 0. The Bertz CT molecular complexity index is 1420. The molecule has 6 atom stereocenters. The molecule has 10 saturated heterocycles. The van der Waals surface area contributed by atoms with Crippen molar-refractivity contribution in [2.45, 2.75) is 140 Å². The molecule has 10 aliphatic heterocycles. The first-order valence-corrected chi connectivity index (χ1v) is 21.7. The van der Waals surface area contributed by atoms with Crippen LogP contribution in [-0.4, -0.2) is 22.6 Å². The second kappa shape index (κ2) is 2.10. The van der Waals surface area contributed by atoms with Gasteiger partial charge in [0.2, 0.25) is 0 Å². The van der Waals surface area contributed by atoms with Gasteiger partial charge in [-0.2, -0.15) is 0 Å². The van der Waals surface area contributed by atoms with Crippen LogP contribution in [-0.2, 0) is 6.51 Å². The molecule has 10 heterocycles. The van der Waals surface area contributed by atoms with Crippen LogP contribution >= 0.6 is 17.2 Å². The number of rotatable bonds is 3. The Morgan fingerprint density at radius 2 is 1.13 bits per heavy atom. The molecule has 0 aromatic heterocycles. The van der Waals surface area contributed by atoms with E-state index >= 15 is 0 Å². The summed E-state index contributed by atoms with van der Waals surface area (Å²) in [6.45, 7) is 28.4. The molecule has 3 heteroatoms. The fourth-order valence-electron chi connectivity index (χ4n) is 25.5. The molecule has 178 valence electrons. The van der Waals surface area contributed by atoms with Crippen LogP contribution in [0.25, 0.3) is 0 Å². The van der Waals surface area contributed by atoms with E-state index in [0.29, 0.717) is 21.1 Å². The van der Waals surface area contributed by atoms with E-state index in [1.165, 1.54) is 35.1 Å². The zero-order valence-corrected chi connectivity index (χ0v) is 25.4. The van der Waals surface area contributed by atoms with E-state index in [1.807, 2.05) is 0 Å². The molecule has 0 aliphatic carbocycles. The average Bonchev–Trinajstić information content (AvgIpc) is 3.48. The Labute approximate surface area is 185 Å². The summed E-state index contributed by atoms with van der Waals surface area (Å²) in [6.07, 6.45) is 3.22. The molecule has 0 saturated carbocycles. The number of fused-ring (bicyclic) bond motifs is 10. The zero-order valence-electron chi connectivity index (χ0n) is 22.3. The van der Waals surface area contributed by atoms with Crippen LogP contribution < -0.4 is 0 Å². The van der Waals surface area contributed by atoms with E-state index in [2.05, 4.69) is 92.3 Å². The Morgan fingerprint density at radius 3 is 1.39 bits per heavy atom. The molecule has 31 heavy (non-hydrogen) atoms. The molecule has 10 fully saturated rings. The molecule has 0 aromatic rings. The van der Waals surface area contributed by atoms with Gasteiger partial charge in [0.25, 0.3) is 0 Å². The van der Waals surface area contributed by atoms with Gasteiger partial charge in [0.05, 0.1) is 0 Å². The summed E-state index contributed by atoms with van der Waals surface area (Å²) in [5.41, 5.74) is 1.08. The Morgan fingerprint density at radius 1 is 0.710 bits per heavy atom. The van der Waals surface area contributed by atoms with E-state index in [9.17, 15) is 0 Å². The van der Waals surface area contributed by atoms with Gasteiger partial charge in [0, 0.05) is 0 Å². The van der Waals surface area contributed by atoms with E-state index < -0.39 is 6.51 Å². The molecule has 0 aromatic carbocycles. The SMILES string of the molecule is CC(C)(C)P(C[C]12[C]3(CP)[CH]4[C]5(C(C)(C)C)[C]1(C(C)(C)C)[Fe]43251678[CH]2[CH]1[CH]6[CH]7[CH]28)C(C)(C)C. The Balaban J connectivity index is 1.38. The van der Waals surface area contributed by atoms with Gasteiger partial charge in [-0.1, -0.05) is 0 Å². The van der Waals surface area contributed by atoms with Gasteiger partial charge in [-0.15, -0.1) is 0 Å². The van der Waals surface area contributed by atoms with Crippen molar-refractivity contribution >= 4 is 17.2 Å². The predicted octanol–water partition coefficient (Wildman–Crippen LogP) is 9.90. The maximum absolute atomic E-state index is 3.85. The van der Waals surface area contributed by atoms with E-state index in [4.69, 9.17) is 0 Å². The second-order valence-electron chi connectivity index (χ2n) is 19.8. The first kappa shape index (κ1) is 18.6. The van der Waals surface area contributed by atoms with Crippen LogP contribution in [0.2, 0.25) is 46.2 Å². The molecule has 0 bridgehead atoms. The quantitative estimate of drug-likeness (QED) is 0.266. The zero-order chi connectivity index (χ0) is 22.8. The van der Waals surface area contributed by atoms with Crippen molar-refractivity contribution < 1.29 is 6.51 Å². The van der Waals surface area contributed by atoms with Crippen molar-refractivity contribution in [2.24, 2.45) is 10.8 Å². The molecule has 0 nitrogen and oxygen atoms in total. The topological polar surface area (TPSA) is 0 Å². The maximum atomic E-state index is 3.45. The van der Waals surface area contributed by atoms with E-state index in [-0.39, 0.29) is 7.92 Å².